The summed E-state index contributed by atoms with van der Waals surface area (Å²) in [4.78, 5) is 24.0. The Hall–Kier alpha value is -4.83. The van der Waals surface area contributed by atoms with E-state index in [1.54, 1.807) is 18.2 Å². The van der Waals surface area contributed by atoms with Crippen molar-refractivity contribution < 1.29 is 9.18 Å². The van der Waals surface area contributed by atoms with Crippen molar-refractivity contribution in [3.8, 4) is 17.2 Å². The van der Waals surface area contributed by atoms with Gasteiger partial charge in [0.05, 0.1) is 5.56 Å². The number of urea groups is 1. The second-order valence-corrected chi connectivity index (χ2v) is 10.4. The standard InChI is InChI=1S/C34H32FN5O/c35-31-8-4-7-30(19-31)29-14-16-32(17-15-29)40(34(41)39-22-25-5-2-1-3-6-25)24-27-11-9-26(10-12-27)21-37-33-18-13-28(20-36)23-38-33/h1-8,13-19,21,23,26-27H,9-12,22,24H2,(H,39,41). The van der Waals surface area contributed by atoms with Crippen molar-refractivity contribution in [1.82, 2.24) is 10.3 Å². The van der Waals surface area contributed by atoms with Crippen LogP contribution in [0.15, 0.2) is 102 Å². The van der Waals surface area contributed by atoms with Crippen molar-refractivity contribution in [2.24, 2.45) is 16.8 Å². The number of carbonyl (C=O) groups is 1. The van der Waals surface area contributed by atoms with Crippen LogP contribution >= 0.6 is 0 Å². The van der Waals surface area contributed by atoms with Crippen LogP contribution < -0.4 is 10.2 Å². The normalized spacial score (nSPS) is 16.7. The molecule has 0 aliphatic heterocycles. The number of benzene rings is 3. The largest absolute Gasteiger partial charge is 0.334 e. The highest BCUT2D eigenvalue weighted by Gasteiger charge is 2.25. The number of nitrogens with zero attached hydrogens (tertiary/aromatic N) is 4. The molecule has 1 fully saturated rings. The molecule has 206 valence electrons. The maximum Gasteiger partial charge on any atom is 0.322 e. The smallest absolute Gasteiger partial charge is 0.322 e. The van der Waals surface area contributed by atoms with E-state index in [9.17, 15) is 9.18 Å². The third-order valence-electron chi connectivity index (χ3n) is 7.50. The lowest BCUT2D eigenvalue weighted by Crippen LogP contribution is -2.43. The molecule has 1 aliphatic rings. The molecule has 1 heterocycles. The van der Waals surface area contributed by atoms with Crippen molar-refractivity contribution >= 4 is 23.8 Å². The van der Waals surface area contributed by atoms with E-state index in [0.29, 0.717) is 36.3 Å². The van der Waals surface area contributed by atoms with E-state index in [-0.39, 0.29) is 11.8 Å². The molecule has 0 saturated heterocycles. The summed E-state index contributed by atoms with van der Waals surface area (Å²) in [6.07, 6.45) is 7.46. The van der Waals surface area contributed by atoms with Crippen molar-refractivity contribution in [3.05, 3.63) is 114 Å². The molecule has 0 bridgehead atoms. The van der Waals surface area contributed by atoms with Crippen LogP contribution in [0.25, 0.3) is 11.1 Å². The molecular formula is C34H32FN5O. The second-order valence-electron chi connectivity index (χ2n) is 10.4. The predicted molar refractivity (Wildman–Crippen MR) is 160 cm³/mol. The highest BCUT2D eigenvalue weighted by molar-refractivity contribution is 5.92. The Morgan fingerprint density at radius 2 is 1.76 bits per heavy atom. The van der Waals surface area contributed by atoms with Gasteiger partial charge in [-0.05, 0) is 90.6 Å². The molecule has 0 unspecified atom stereocenters. The lowest BCUT2D eigenvalue weighted by Gasteiger charge is -2.32. The number of carbonyl (C=O) groups excluding carboxylic acids is 1. The van der Waals surface area contributed by atoms with E-state index in [2.05, 4.69) is 21.4 Å². The number of aliphatic imine (C=N–C) groups is 1. The summed E-state index contributed by atoms with van der Waals surface area (Å²) in [5.74, 6) is 1.05. The molecule has 7 heteroatoms. The SMILES string of the molecule is N#Cc1ccc(N=CC2CCC(CN(C(=O)NCc3ccccc3)c3ccc(-c4cccc(F)c4)cc3)CC2)nc1. The molecule has 3 aromatic carbocycles. The fourth-order valence-corrected chi connectivity index (χ4v) is 5.16. The monoisotopic (exact) mass is 545 g/mol. The van der Waals surface area contributed by atoms with Gasteiger partial charge in [-0.2, -0.15) is 5.26 Å². The van der Waals surface area contributed by atoms with Gasteiger partial charge in [0, 0.05) is 31.2 Å². The van der Waals surface area contributed by atoms with E-state index >= 15 is 0 Å². The van der Waals surface area contributed by atoms with Crippen LogP contribution in [0.1, 0.15) is 36.8 Å². The van der Waals surface area contributed by atoms with Crippen LogP contribution in [0.5, 0.6) is 0 Å². The minimum absolute atomic E-state index is 0.136. The van der Waals surface area contributed by atoms with Gasteiger partial charge in [-0.3, -0.25) is 4.90 Å². The van der Waals surface area contributed by atoms with Gasteiger partial charge in [0.2, 0.25) is 0 Å². The Balaban J connectivity index is 1.25. The first-order valence-electron chi connectivity index (χ1n) is 13.9. The van der Waals surface area contributed by atoms with E-state index in [0.717, 1.165) is 48.1 Å². The van der Waals surface area contributed by atoms with Gasteiger partial charge in [0.25, 0.3) is 0 Å². The molecule has 1 aromatic heterocycles. The zero-order valence-electron chi connectivity index (χ0n) is 22.8. The van der Waals surface area contributed by atoms with E-state index < -0.39 is 0 Å². The van der Waals surface area contributed by atoms with Gasteiger partial charge in [-0.25, -0.2) is 19.2 Å². The maximum absolute atomic E-state index is 13.8. The fourth-order valence-electron chi connectivity index (χ4n) is 5.16. The molecule has 2 amide bonds. The number of halogens is 1. The first kappa shape index (κ1) is 27.7. The Labute approximate surface area is 240 Å². The zero-order valence-corrected chi connectivity index (χ0v) is 22.8. The summed E-state index contributed by atoms with van der Waals surface area (Å²) in [5.41, 5.74) is 4.07. The third-order valence-corrected chi connectivity index (χ3v) is 7.50. The quantitative estimate of drug-likeness (QED) is 0.231. The summed E-state index contributed by atoms with van der Waals surface area (Å²) in [7, 11) is 0. The predicted octanol–water partition coefficient (Wildman–Crippen LogP) is 7.68. The van der Waals surface area contributed by atoms with Gasteiger partial charge >= 0.3 is 6.03 Å². The van der Waals surface area contributed by atoms with Gasteiger partial charge in [-0.1, -0.05) is 54.6 Å². The molecule has 1 aliphatic carbocycles. The lowest BCUT2D eigenvalue weighted by molar-refractivity contribution is 0.242. The van der Waals surface area contributed by atoms with Crippen LogP contribution in [0.2, 0.25) is 0 Å². The molecule has 1 saturated carbocycles. The summed E-state index contributed by atoms with van der Waals surface area (Å²) in [6, 6.07) is 29.5. The summed E-state index contributed by atoms with van der Waals surface area (Å²) in [6.45, 7) is 1.06. The maximum atomic E-state index is 13.8. The van der Waals surface area contributed by atoms with Crippen LogP contribution in [-0.2, 0) is 6.54 Å². The van der Waals surface area contributed by atoms with Gasteiger partial charge in [0.1, 0.15) is 11.9 Å². The van der Waals surface area contributed by atoms with Crippen LogP contribution in [0.4, 0.5) is 20.7 Å². The minimum Gasteiger partial charge on any atom is -0.334 e. The molecule has 5 rings (SSSR count). The third kappa shape index (κ3) is 7.64. The van der Waals surface area contributed by atoms with Crippen LogP contribution in [0, 0.1) is 29.0 Å². The minimum atomic E-state index is -0.276. The second kappa shape index (κ2) is 13.5. The van der Waals surface area contributed by atoms with Crippen molar-refractivity contribution in [2.45, 2.75) is 32.2 Å². The Bertz CT molecular complexity index is 1510. The summed E-state index contributed by atoms with van der Waals surface area (Å²) < 4.78 is 13.8. The Morgan fingerprint density at radius 1 is 0.976 bits per heavy atom. The van der Waals surface area contributed by atoms with E-state index in [1.807, 2.05) is 71.8 Å². The Morgan fingerprint density at radius 3 is 2.44 bits per heavy atom. The van der Waals surface area contributed by atoms with Gasteiger partial charge in [-0.15, -0.1) is 0 Å². The molecule has 0 spiro atoms. The molecule has 41 heavy (non-hydrogen) atoms. The van der Waals surface area contributed by atoms with Crippen LogP contribution in [-0.4, -0.2) is 23.8 Å². The van der Waals surface area contributed by atoms with Gasteiger partial charge in [0.15, 0.2) is 5.82 Å². The fraction of sp³-hybridized carbons (Fsp3) is 0.235. The number of aromatic nitrogens is 1. The average molecular weight is 546 g/mol. The van der Waals surface area contributed by atoms with Crippen molar-refractivity contribution in [3.63, 3.8) is 0 Å². The number of nitriles is 1. The topological polar surface area (TPSA) is 81.4 Å². The highest BCUT2D eigenvalue weighted by Crippen LogP contribution is 2.31. The zero-order chi connectivity index (χ0) is 28.4. The molecule has 0 atom stereocenters. The molecular weight excluding hydrogens is 513 g/mol. The molecule has 4 aromatic rings. The number of nitrogens with one attached hydrogen (secondary N) is 1. The lowest BCUT2D eigenvalue weighted by atomic mass is 9.82. The molecule has 1 N–H and O–H groups in total. The summed E-state index contributed by atoms with van der Waals surface area (Å²) >= 11 is 0. The number of hydrogen-bond donors (Lipinski definition) is 1. The molecule has 0 radical (unpaired) electrons. The van der Waals surface area contributed by atoms with E-state index in [1.165, 1.54) is 18.3 Å². The summed E-state index contributed by atoms with van der Waals surface area (Å²) in [5, 5.41) is 12.0. The number of rotatable bonds is 8. The first-order chi connectivity index (χ1) is 20.1. The number of anilines is 1. The number of amides is 2. The number of pyridine rings is 1. The van der Waals surface area contributed by atoms with Crippen molar-refractivity contribution in [2.75, 3.05) is 11.4 Å². The van der Waals surface area contributed by atoms with Crippen molar-refractivity contribution in [1.29, 1.82) is 5.26 Å². The Kier molecular flexibility index (Phi) is 9.12. The number of hydrogen-bond acceptors (Lipinski definition) is 4. The first-order valence-corrected chi connectivity index (χ1v) is 13.9. The van der Waals surface area contributed by atoms with E-state index in [4.69, 9.17) is 5.26 Å². The van der Waals surface area contributed by atoms with Crippen LogP contribution in [0.3, 0.4) is 0 Å². The highest BCUT2D eigenvalue weighted by atomic mass is 19.1. The van der Waals surface area contributed by atoms with Gasteiger partial charge < -0.3 is 5.32 Å². The average Bonchev–Trinajstić information content (AvgIpc) is 3.03. The molecule has 6 nitrogen and oxygen atoms in total.